The van der Waals surface area contributed by atoms with E-state index in [2.05, 4.69) is 22.1 Å². The summed E-state index contributed by atoms with van der Waals surface area (Å²) in [6, 6.07) is 12.7. The predicted octanol–water partition coefficient (Wildman–Crippen LogP) is 3.78. The molecular weight excluding hydrogens is 448 g/mol. The first-order valence-electron chi connectivity index (χ1n) is 11.9. The van der Waals surface area contributed by atoms with E-state index in [1.807, 2.05) is 24.3 Å². The Kier molecular flexibility index (Phi) is 6.50. The van der Waals surface area contributed by atoms with Crippen molar-refractivity contribution in [1.82, 2.24) is 14.8 Å². The van der Waals surface area contributed by atoms with Gasteiger partial charge < -0.3 is 29.4 Å². The van der Waals surface area contributed by atoms with Gasteiger partial charge in [0.05, 0.1) is 24.9 Å². The Morgan fingerprint density at radius 1 is 1.23 bits per heavy atom. The Hall–Kier alpha value is -3.72. The van der Waals surface area contributed by atoms with E-state index in [0.29, 0.717) is 40.6 Å². The number of carbonyl (C=O) groups excluding carboxylic acids is 1. The second kappa shape index (κ2) is 9.87. The molecule has 0 radical (unpaired) electrons. The fourth-order valence-corrected chi connectivity index (χ4v) is 4.90. The van der Waals surface area contributed by atoms with Crippen LogP contribution >= 0.6 is 0 Å². The number of benzene rings is 2. The number of hydrogen-bond acceptors (Lipinski definition) is 6. The second-order valence-corrected chi connectivity index (χ2v) is 8.85. The first kappa shape index (κ1) is 23.0. The van der Waals surface area contributed by atoms with E-state index in [4.69, 9.17) is 14.2 Å². The number of pyridine rings is 1. The number of nitrogens with zero attached hydrogens (tertiary/aromatic N) is 2. The van der Waals surface area contributed by atoms with E-state index in [0.717, 1.165) is 31.3 Å². The molecule has 5 rings (SSSR count). The minimum atomic E-state index is -0.275. The normalized spacial score (nSPS) is 17.0. The van der Waals surface area contributed by atoms with Gasteiger partial charge in [0.15, 0.2) is 11.5 Å². The predicted molar refractivity (Wildman–Crippen MR) is 133 cm³/mol. The Morgan fingerprint density at radius 3 is 2.83 bits per heavy atom. The van der Waals surface area contributed by atoms with Crippen molar-refractivity contribution in [2.24, 2.45) is 0 Å². The van der Waals surface area contributed by atoms with E-state index in [-0.39, 0.29) is 31.0 Å². The number of para-hydroxylation sites is 2. The highest BCUT2D eigenvalue weighted by Crippen LogP contribution is 2.35. The second-order valence-electron chi connectivity index (χ2n) is 8.85. The van der Waals surface area contributed by atoms with Crippen LogP contribution in [0.4, 0.5) is 10.5 Å². The molecule has 3 aromatic rings. The van der Waals surface area contributed by atoms with Crippen LogP contribution in [0.1, 0.15) is 25.3 Å². The molecule has 0 saturated carbocycles. The first-order chi connectivity index (χ1) is 17.1. The number of methoxy groups -OCH3 is 1. The quantitative estimate of drug-likeness (QED) is 0.537. The molecular formula is C26H30N4O5. The summed E-state index contributed by atoms with van der Waals surface area (Å²) < 4.78 is 16.3. The molecule has 184 valence electrons. The molecule has 2 N–H and O–H groups in total. The molecule has 1 fully saturated rings. The molecule has 2 aliphatic heterocycles. The molecule has 1 saturated heterocycles. The maximum atomic E-state index is 13.5. The van der Waals surface area contributed by atoms with E-state index in [1.165, 1.54) is 0 Å². The lowest BCUT2D eigenvalue weighted by Crippen LogP contribution is -2.45. The highest BCUT2D eigenvalue weighted by molar-refractivity contribution is 5.91. The van der Waals surface area contributed by atoms with Crippen molar-refractivity contribution in [2.45, 2.75) is 32.4 Å². The fraction of sp³-hybridized carbons (Fsp3) is 0.385. The van der Waals surface area contributed by atoms with Crippen LogP contribution in [0.15, 0.2) is 47.3 Å². The Morgan fingerprint density at radius 2 is 2.03 bits per heavy atom. The minimum Gasteiger partial charge on any atom is -0.495 e. The van der Waals surface area contributed by atoms with Gasteiger partial charge in [0.25, 0.3) is 5.56 Å². The molecule has 3 heterocycles. The van der Waals surface area contributed by atoms with Gasteiger partial charge in [0, 0.05) is 29.6 Å². The van der Waals surface area contributed by atoms with Crippen LogP contribution in [-0.4, -0.2) is 60.4 Å². The van der Waals surface area contributed by atoms with Gasteiger partial charge >= 0.3 is 6.03 Å². The van der Waals surface area contributed by atoms with E-state index in [9.17, 15) is 9.59 Å². The third-order valence-corrected chi connectivity index (χ3v) is 6.75. The monoisotopic (exact) mass is 478 g/mol. The summed E-state index contributed by atoms with van der Waals surface area (Å²) in [5.41, 5.74) is 1.53. The lowest BCUT2D eigenvalue weighted by Gasteiger charge is -2.30. The largest absolute Gasteiger partial charge is 0.495 e. The lowest BCUT2D eigenvalue weighted by molar-refractivity contribution is 0.174. The van der Waals surface area contributed by atoms with Crippen molar-refractivity contribution in [2.75, 3.05) is 38.9 Å². The third kappa shape index (κ3) is 4.77. The number of nitrogens with one attached hydrogen (secondary N) is 2. The average molecular weight is 479 g/mol. The van der Waals surface area contributed by atoms with Gasteiger partial charge in [-0.15, -0.1) is 0 Å². The average Bonchev–Trinajstić information content (AvgIpc) is 3.51. The van der Waals surface area contributed by atoms with Gasteiger partial charge in [-0.2, -0.15) is 0 Å². The van der Waals surface area contributed by atoms with Crippen molar-refractivity contribution in [1.29, 1.82) is 0 Å². The van der Waals surface area contributed by atoms with Crippen molar-refractivity contribution in [3.63, 3.8) is 0 Å². The molecule has 2 aromatic carbocycles. The van der Waals surface area contributed by atoms with Crippen molar-refractivity contribution < 1.29 is 19.0 Å². The maximum Gasteiger partial charge on any atom is 0.322 e. The Labute approximate surface area is 203 Å². The zero-order valence-corrected chi connectivity index (χ0v) is 20.0. The van der Waals surface area contributed by atoms with Crippen LogP contribution in [0.2, 0.25) is 0 Å². The highest BCUT2D eigenvalue weighted by atomic mass is 16.7. The maximum absolute atomic E-state index is 13.5. The van der Waals surface area contributed by atoms with Crippen molar-refractivity contribution in [3.05, 3.63) is 58.4 Å². The third-order valence-electron chi connectivity index (χ3n) is 6.75. The van der Waals surface area contributed by atoms with Crippen molar-refractivity contribution in [3.8, 4) is 17.2 Å². The van der Waals surface area contributed by atoms with Gasteiger partial charge in [-0.1, -0.05) is 19.1 Å². The smallest absolute Gasteiger partial charge is 0.322 e. The standard InChI is InChI=1S/C26H30N4O5/c1-3-29-10-6-7-19(29)15-30(26(32)28-20-8-4-5-9-22(20)33-2)14-18-11-17-12-23-24(35-16-34-23)13-21(17)27-25(18)31/h4-5,8-9,11-13,19H,3,6-7,10,14-16H2,1-2H3,(H,27,31)(H,28,32). The molecule has 2 aliphatic rings. The van der Waals surface area contributed by atoms with E-state index >= 15 is 0 Å². The molecule has 1 atom stereocenters. The number of hydrogen-bond donors (Lipinski definition) is 2. The van der Waals surface area contributed by atoms with E-state index in [1.54, 1.807) is 30.2 Å². The van der Waals surface area contributed by atoms with Crippen LogP contribution < -0.4 is 25.1 Å². The van der Waals surface area contributed by atoms with Crippen LogP contribution in [0.5, 0.6) is 17.2 Å². The highest BCUT2D eigenvalue weighted by Gasteiger charge is 2.28. The number of anilines is 1. The first-order valence-corrected chi connectivity index (χ1v) is 11.9. The number of aromatic nitrogens is 1. The molecule has 9 heteroatoms. The van der Waals surface area contributed by atoms with Crippen LogP contribution in [0, 0.1) is 0 Å². The van der Waals surface area contributed by atoms with Crippen molar-refractivity contribution >= 4 is 22.6 Å². The SMILES string of the molecule is CCN1CCCC1CN(Cc1cc2cc3c(cc2[nH]c1=O)OCO3)C(=O)Nc1ccccc1OC. The Balaban J connectivity index is 1.44. The fourth-order valence-electron chi connectivity index (χ4n) is 4.90. The molecule has 1 unspecified atom stereocenters. The molecule has 35 heavy (non-hydrogen) atoms. The number of rotatable bonds is 7. The van der Waals surface area contributed by atoms with Crippen LogP contribution in [-0.2, 0) is 6.54 Å². The number of aromatic amines is 1. The number of H-pyrrole nitrogens is 1. The Bertz CT molecular complexity index is 1290. The summed E-state index contributed by atoms with van der Waals surface area (Å²) in [7, 11) is 1.57. The number of fused-ring (bicyclic) bond motifs is 2. The summed E-state index contributed by atoms with van der Waals surface area (Å²) in [5.74, 6) is 1.84. The molecule has 0 aliphatic carbocycles. The zero-order valence-electron chi connectivity index (χ0n) is 20.0. The lowest BCUT2D eigenvalue weighted by atomic mass is 10.1. The minimum absolute atomic E-state index is 0.162. The molecule has 0 bridgehead atoms. The summed E-state index contributed by atoms with van der Waals surface area (Å²) in [4.78, 5) is 33.5. The van der Waals surface area contributed by atoms with Crippen LogP contribution in [0.3, 0.4) is 0 Å². The van der Waals surface area contributed by atoms with Gasteiger partial charge in [-0.05, 0) is 50.2 Å². The number of likely N-dealkylation sites (tertiary alicyclic amines) is 1. The van der Waals surface area contributed by atoms with Gasteiger partial charge in [0.2, 0.25) is 6.79 Å². The number of likely N-dealkylation sites (N-methyl/N-ethyl adjacent to an activating group) is 1. The molecule has 2 amide bonds. The van der Waals surface area contributed by atoms with Gasteiger partial charge in [0.1, 0.15) is 5.75 Å². The van der Waals surface area contributed by atoms with E-state index < -0.39 is 0 Å². The van der Waals surface area contributed by atoms with Gasteiger partial charge in [-0.3, -0.25) is 9.69 Å². The zero-order chi connectivity index (χ0) is 24.4. The topological polar surface area (TPSA) is 96.1 Å². The molecule has 9 nitrogen and oxygen atoms in total. The van der Waals surface area contributed by atoms with Crippen LogP contribution in [0.25, 0.3) is 10.9 Å². The van der Waals surface area contributed by atoms with Gasteiger partial charge in [-0.25, -0.2) is 4.79 Å². The number of ether oxygens (including phenoxy) is 3. The summed E-state index contributed by atoms with van der Waals surface area (Å²) in [6.45, 7) is 4.94. The number of carbonyl (C=O) groups is 1. The summed E-state index contributed by atoms with van der Waals surface area (Å²) in [6.07, 6.45) is 2.12. The summed E-state index contributed by atoms with van der Waals surface area (Å²) >= 11 is 0. The molecule has 0 spiro atoms. The molecule has 1 aromatic heterocycles. The number of amides is 2. The number of urea groups is 1. The summed E-state index contributed by atoms with van der Waals surface area (Å²) in [5, 5.41) is 3.80.